The molecule has 0 fully saturated rings. The largest absolute Gasteiger partial charge is 0.490 e. The summed E-state index contributed by atoms with van der Waals surface area (Å²) in [6.07, 6.45) is -0.186. The average Bonchev–Trinajstić information content (AvgIpc) is 2.83. The van der Waals surface area contributed by atoms with Crippen LogP contribution in [0.1, 0.15) is 29.8 Å². The minimum absolute atomic E-state index is 0.0409. The Hall–Kier alpha value is -3.78. The molecule has 1 aliphatic heterocycles. The van der Waals surface area contributed by atoms with Gasteiger partial charge >= 0.3 is 5.97 Å². The molecule has 36 heavy (non-hydrogen) atoms. The molecular weight excluding hydrogens is 487 g/mol. The van der Waals surface area contributed by atoms with Gasteiger partial charge in [0, 0.05) is 18.3 Å². The predicted molar refractivity (Wildman–Crippen MR) is 136 cm³/mol. The Balaban J connectivity index is 1.42. The summed E-state index contributed by atoms with van der Waals surface area (Å²) in [6.45, 7) is 3.73. The highest BCUT2D eigenvalue weighted by Crippen LogP contribution is 2.33. The van der Waals surface area contributed by atoms with Crippen molar-refractivity contribution in [3.63, 3.8) is 0 Å². The Kier molecular flexibility index (Phi) is 7.08. The molecule has 7 nitrogen and oxygen atoms in total. The molecule has 0 unspecified atom stereocenters. The number of hydrogen-bond donors (Lipinski definition) is 2. The van der Waals surface area contributed by atoms with E-state index in [-0.39, 0.29) is 34.5 Å². The summed E-state index contributed by atoms with van der Waals surface area (Å²) in [5.74, 6) is -1.10. The first kappa shape index (κ1) is 25.3. The van der Waals surface area contributed by atoms with Crippen molar-refractivity contribution in [2.24, 2.45) is 0 Å². The van der Waals surface area contributed by atoms with E-state index in [4.69, 9.17) is 21.1 Å². The molecule has 4 rings (SSSR count). The molecule has 0 bridgehead atoms. The van der Waals surface area contributed by atoms with Gasteiger partial charge in [-0.1, -0.05) is 23.7 Å². The normalized spacial score (nSPS) is 15.0. The smallest absolute Gasteiger partial charge is 0.313 e. The van der Waals surface area contributed by atoms with Gasteiger partial charge in [0.2, 0.25) is 0 Å². The van der Waals surface area contributed by atoms with Crippen molar-refractivity contribution in [2.75, 3.05) is 30.4 Å². The first-order valence-corrected chi connectivity index (χ1v) is 11.7. The highest BCUT2D eigenvalue weighted by molar-refractivity contribution is 6.34. The summed E-state index contributed by atoms with van der Waals surface area (Å²) in [6, 6.07) is 16.3. The standard InChI is InChI=1S/C27H26ClFN2O5/c1-27(2,26(33)34)20-12-16(8-11-22(20)29)30-25(32)19-10-9-17(13-21(19)28)35-15-18-14-31(3)23-6-4-5-7-24(23)36-18/h4-13,18H,14-15H2,1-3H3,(H,30,32)(H,33,34)/t18-/m0/s1. The number of halogens is 2. The van der Waals surface area contributed by atoms with Crippen molar-refractivity contribution in [3.05, 3.63) is 82.6 Å². The number of fused-ring (bicyclic) bond motifs is 1. The quantitative estimate of drug-likeness (QED) is 0.442. The van der Waals surface area contributed by atoms with Crippen LogP contribution in [-0.2, 0) is 10.2 Å². The number of carbonyl (C=O) groups is 2. The Labute approximate surface area is 213 Å². The number of nitrogens with one attached hydrogen (secondary N) is 1. The number of carboxylic acid groups (broad SMARTS) is 1. The van der Waals surface area contributed by atoms with Crippen LogP contribution in [0.4, 0.5) is 15.8 Å². The molecule has 188 valence electrons. The molecular formula is C27H26ClFN2O5. The van der Waals surface area contributed by atoms with Crippen LogP contribution in [0.2, 0.25) is 5.02 Å². The minimum atomic E-state index is -1.47. The molecule has 0 spiro atoms. The second-order valence-corrected chi connectivity index (χ2v) is 9.53. The predicted octanol–water partition coefficient (Wildman–Crippen LogP) is 5.37. The van der Waals surface area contributed by atoms with E-state index in [1.165, 1.54) is 32.0 Å². The molecule has 0 saturated carbocycles. The van der Waals surface area contributed by atoms with Gasteiger partial charge in [-0.05, 0) is 62.4 Å². The molecule has 0 aliphatic carbocycles. The van der Waals surface area contributed by atoms with Gasteiger partial charge in [0.1, 0.15) is 30.0 Å². The van der Waals surface area contributed by atoms with Crippen LogP contribution in [0.25, 0.3) is 0 Å². The molecule has 1 amide bonds. The van der Waals surface area contributed by atoms with Gasteiger partial charge in [-0.3, -0.25) is 9.59 Å². The molecule has 0 radical (unpaired) electrons. The molecule has 2 N–H and O–H groups in total. The van der Waals surface area contributed by atoms with Crippen LogP contribution in [0.15, 0.2) is 60.7 Å². The third-order valence-electron chi connectivity index (χ3n) is 6.10. The number of anilines is 2. The van der Waals surface area contributed by atoms with Crippen LogP contribution in [0.3, 0.4) is 0 Å². The minimum Gasteiger partial charge on any atom is -0.490 e. The number of rotatable bonds is 7. The number of aliphatic carboxylic acids is 1. The number of nitrogens with zero attached hydrogens (tertiary/aromatic N) is 1. The monoisotopic (exact) mass is 512 g/mol. The number of para-hydroxylation sites is 2. The summed E-state index contributed by atoms with van der Waals surface area (Å²) in [7, 11) is 1.99. The maximum atomic E-state index is 14.3. The van der Waals surface area contributed by atoms with E-state index in [2.05, 4.69) is 10.2 Å². The summed E-state index contributed by atoms with van der Waals surface area (Å²) < 4.78 is 26.2. The van der Waals surface area contributed by atoms with Gasteiger partial charge in [-0.2, -0.15) is 0 Å². The molecule has 1 heterocycles. The summed E-state index contributed by atoms with van der Waals surface area (Å²) in [5.41, 5.74) is -0.0517. The zero-order valence-corrected chi connectivity index (χ0v) is 20.8. The third-order valence-corrected chi connectivity index (χ3v) is 6.41. The molecule has 9 heteroatoms. The van der Waals surface area contributed by atoms with Gasteiger partial charge < -0.3 is 24.8 Å². The van der Waals surface area contributed by atoms with E-state index in [1.54, 1.807) is 12.1 Å². The fourth-order valence-electron chi connectivity index (χ4n) is 3.93. The van der Waals surface area contributed by atoms with E-state index in [1.807, 2.05) is 31.3 Å². The summed E-state index contributed by atoms with van der Waals surface area (Å²) in [4.78, 5) is 26.5. The SMILES string of the molecule is CN1C[C@@H](COc2ccc(C(=O)Nc3ccc(F)c(C(C)(C)C(=O)O)c3)c(Cl)c2)Oc2ccccc21. The van der Waals surface area contributed by atoms with Gasteiger partial charge in [0.15, 0.2) is 0 Å². The Bertz CT molecular complexity index is 1310. The zero-order valence-electron chi connectivity index (χ0n) is 20.0. The Morgan fingerprint density at radius 3 is 2.67 bits per heavy atom. The number of carboxylic acids is 1. The van der Waals surface area contributed by atoms with Crippen LogP contribution >= 0.6 is 11.6 Å². The van der Waals surface area contributed by atoms with Crippen molar-refractivity contribution in [1.82, 2.24) is 0 Å². The van der Waals surface area contributed by atoms with Crippen LogP contribution in [0.5, 0.6) is 11.5 Å². The van der Waals surface area contributed by atoms with E-state index in [9.17, 15) is 19.1 Å². The number of ether oxygens (including phenoxy) is 2. The maximum absolute atomic E-state index is 14.3. The Morgan fingerprint density at radius 1 is 1.19 bits per heavy atom. The average molecular weight is 513 g/mol. The number of carbonyl (C=O) groups excluding carboxylic acids is 1. The second kappa shape index (κ2) is 10.1. The van der Waals surface area contributed by atoms with Gasteiger partial charge in [-0.15, -0.1) is 0 Å². The van der Waals surface area contributed by atoms with Crippen LogP contribution in [-0.4, -0.2) is 43.3 Å². The molecule has 3 aromatic rings. The molecule has 0 saturated heterocycles. The lowest BCUT2D eigenvalue weighted by atomic mass is 9.84. The van der Waals surface area contributed by atoms with Crippen molar-refractivity contribution in [3.8, 4) is 11.5 Å². The van der Waals surface area contributed by atoms with Gasteiger partial charge in [0.25, 0.3) is 5.91 Å². The number of likely N-dealkylation sites (N-methyl/N-ethyl adjacent to an activating group) is 1. The van der Waals surface area contributed by atoms with E-state index >= 15 is 0 Å². The first-order chi connectivity index (χ1) is 17.1. The van der Waals surface area contributed by atoms with Crippen molar-refractivity contribution < 1.29 is 28.6 Å². The van der Waals surface area contributed by atoms with E-state index in [0.29, 0.717) is 12.3 Å². The molecule has 1 atom stereocenters. The lowest BCUT2D eigenvalue weighted by molar-refractivity contribution is -0.142. The van der Waals surface area contributed by atoms with E-state index < -0.39 is 23.1 Å². The fraction of sp³-hybridized carbons (Fsp3) is 0.259. The topological polar surface area (TPSA) is 88.1 Å². The summed E-state index contributed by atoms with van der Waals surface area (Å²) in [5, 5.41) is 12.2. The number of hydrogen-bond acceptors (Lipinski definition) is 5. The third kappa shape index (κ3) is 5.23. The van der Waals surface area contributed by atoms with Crippen molar-refractivity contribution >= 4 is 34.9 Å². The summed E-state index contributed by atoms with van der Waals surface area (Å²) >= 11 is 6.35. The van der Waals surface area contributed by atoms with Gasteiger partial charge in [0.05, 0.1) is 28.2 Å². The molecule has 0 aromatic heterocycles. The number of amides is 1. The van der Waals surface area contributed by atoms with Crippen LogP contribution < -0.4 is 19.7 Å². The second-order valence-electron chi connectivity index (χ2n) is 9.12. The van der Waals surface area contributed by atoms with Crippen molar-refractivity contribution in [2.45, 2.75) is 25.4 Å². The van der Waals surface area contributed by atoms with E-state index in [0.717, 1.165) is 17.5 Å². The van der Waals surface area contributed by atoms with Gasteiger partial charge in [-0.25, -0.2) is 4.39 Å². The van der Waals surface area contributed by atoms with Crippen molar-refractivity contribution in [1.29, 1.82) is 0 Å². The molecule has 3 aromatic carbocycles. The lowest BCUT2D eigenvalue weighted by Crippen LogP contribution is -2.41. The Morgan fingerprint density at radius 2 is 1.94 bits per heavy atom. The fourth-order valence-corrected chi connectivity index (χ4v) is 4.19. The first-order valence-electron chi connectivity index (χ1n) is 11.3. The maximum Gasteiger partial charge on any atom is 0.313 e. The highest BCUT2D eigenvalue weighted by Gasteiger charge is 2.32. The number of benzene rings is 3. The lowest BCUT2D eigenvalue weighted by Gasteiger charge is -2.33. The van der Waals surface area contributed by atoms with Crippen LogP contribution in [0, 0.1) is 5.82 Å². The molecule has 1 aliphatic rings. The zero-order chi connectivity index (χ0) is 26.0. The highest BCUT2D eigenvalue weighted by atomic mass is 35.5.